The molecular weight excluding hydrogens is 377 g/mol. The maximum atomic E-state index is 13.6. The first-order valence-electron chi connectivity index (χ1n) is 8.33. The van der Waals surface area contributed by atoms with Gasteiger partial charge >= 0.3 is 0 Å². The van der Waals surface area contributed by atoms with Crippen molar-refractivity contribution >= 4 is 17.2 Å². The molecule has 5 nitrogen and oxygen atoms in total. The maximum absolute atomic E-state index is 13.6. The Hall–Kier alpha value is -2.68. The second kappa shape index (κ2) is 5.41. The molecule has 5 rings (SSSR count). The molecule has 1 aromatic carbocycles. The predicted octanol–water partition coefficient (Wildman–Crippen LogP) is 3.62. The second-order valence-corrected chi connectivity index (χ2v) is 7.90. The van der Waals surface area contributed by atoms with Crippen LogP contribution in [0.4, 0.5) is 13.2 Å². The fourth-order valence-electron chi connectivity index (χ4n) is 3.45. The highest BCUT2D eigenvalue weighted by atomic mass is 32.1. The summed E-state index contributed by atoms with van der Waals surface area (Å²) in [6.45, 7) is 0.0311. The molecule has 27 heavy (non-hydrogen) atoms. The molecule has 1 spiro atoms. The van der Waals surface area contributed by atoms with Crippen molar-refractivity contribution in [2.75, 3.05) is 13.1 Å². The fourth-order valence-corrected chi connectivity index (χ4v) is 4.15. The molecule has 0 N–H and O–H groups in total. The summed E-state index contributed by atoms with van der Waals surface area (Å²) in [6.07, 6.45) is -0.171. The van der Waals surface area contributed by atoms with Gasteiger partial charge in [0.15, 0.2) is 5.82 Å². The van der Waals surface area contributed by atoms with Crippen LogP contribution < -0.4 is 0 Å². The normalized spacial score (nSPS) is 19.1. The number of alkyl halides is 2. The monoisotopic (exact) mass is 390 g/mol. The molecular formula is C18H13F3N4OS. The number of nitrogens with zero attached hydrogens (tertiary/aromatic N) is 4. The molecule has 2 fully saturated rings. The molecule has 9 heteroatoms. The van der Waals surface area contributed by atoms with Gasteiger partial charge in [0.1, 0.15) is 5.82 Å². The Balaban J connectivity index is 1.49. The Morgan fingerprint density at radius 2 is 1.96 bits per heavy atom. The standard InChI is InChI=1S/C18H13F3N4OS/c19-11-3-1-4-12(7-11)25-15(13-5-2-6-27-13)22-14(23-25)16(26)24-9-17(10-24)8-18(17,20)21/h1-7H,8-10H2. The summed E-state index contributed by atoms with van der Waals surface area (Å²) in [5.41, 5.74) is -0.622. The summed E-state index contributed by atoms with van der Waals surface area (Å²) in [6, 6.07) is 9.46. The molecule has 0 atom stereocenters. The van der Waals surface area contributed by atoms with Gasteiger partial charge in [-0.15, -0.1) is 16.4 Å². The van der Waals surface area contributed by atoms with Crippen molar-refractivity contribution in [3.05, 3.63) is 53.4 Å². The minimum atomic E-state index is -2.68. The third kappa shape index (κ3) is 2.48. The van der Waals surface area contributed by atoms with E-state index in [1.807, 2.05) is 17.5 Å². The van der Waals surface area contributed by atoms with E-state index in [0.29, 0.717) is 11.5 Å². The lowest BCUT2D eigenvalue weighted by Gasteiger charge is -2.39. The van der Waals surface area contributed by atoms with E-state index in [2.05, 4.69) is 10.1 Å². The van der Waals surface area contributed by atoms with E-state index in [1.54, 1.807) is 12.1 Å². The van der Waals surface area contributed by atoms with Gasteiger partial charge in [0, 0.05) is 19.5 Å². The molecule has 1 aliphatic carbocycles. The predicted molar refractivity (Wildman–Crippen MR) is 92.5 cm³/mol. The molecule has 1 saturated carbocycles. The van der Waals surface area contributed by atoms with Gasteiger partial charge in [0.2, 0.25) is 5.82 Å². The smallest absolute Gasteiger partial charge is 0.293 e. The minimum Gasteiger partial charge on any atom is -0.334 e. The summed E-state index contributed by atoms with van der Waals surface area (Å²) in [5, 5.41) is 6.11. The van der Waals surface area contributed by atoms with E-state index in [4.69, 9.17) is 0 Å². The molecule has 3 aromatic rings. The number of likely N-dealkylation sites (tertiary alicyclic amines) is 1. The number of amides is 1. The molecule has 0 unspecified atom stereocenters. The molecule has 138 valence electrons. The van der Waals surface area contributed by atoms with Crippen LogP contribution in [0.2, 0.25) is 0 Å². The number of halogens is 3. The van der Waals surface area contributed by atoms with Crippen LogP contribution in [0.5, 0.6) is 0 Å². The molecule has 3 heterocycles. The third-order valence-corrected chi connectivity index (χ3v) is 5.94. The average molecular weight is 390 g/mol. The summed E-state index contributed by atoms with van der Waals surface area (Å²) in [4.78, 5) is 19.1. The van der Waals surface area contributed by atoms with Crippen molar-refractivity contribution in [2.45, 2.75) is 12.3 Å². The second-order valence-electron chi connectivity index (χ2n) is 6.95. The van der Waals surface area contributed by atoms with Crippen molar-refractivity contribution in [2.24, 2.45) is 5.41 Å². The maximum Gasteiger partial charge on any atom is 0.293 e. The van der Waals surface area contributed by atoms with Crippen molar-refractivity contribution < 1.29 is 18.0 Å². The van der Waals surface area contributed by atoms with Crippen molar-refractivity contribution in [1.82, 2.24) is 19.7 Å². The van der Waals surface area contributed by atoms with Gasteiger partial charge in [-0.05, 0) is 29.6 Å². The van der Waals surface area contributed by atoms with E-state index >= 15 is 0 Å². The largest absolute Gasteiger partial charge is 0.334 e. The van der Waals surface area contributed by atoms with Crippen LogP contribution in [0.25, 0.3) is 16.4 Å². The van der Waals surface area contributed by atoms with Gasteiger partial charge in [0.25, 0.3) is 11.8 Å². The summed E-state index contributed by atoms with van der Waals surface area (Å²) in [7, 11) is 0. The number of hydrogen-bond donors (Lipinski definition) is 0. The van der Waals surface area contributed by atoms with Crippen molar-refractivity contribution in [1.29, 1.82) is 0 Å². The van der Waals surface area contributed by atoms with Crippen LogP contribution in [0.3, 0.4) is 0 Å². The summed E-state index contributed by atoms with van der Waals surface area (Å²) >= 11 is 1.41. The zero-order valence-electron chi connectivity index (χ0n) is 13.9. The lowest BCUT2D eigenvalue weighted by molar-refractivity contribution is -0.0158. The number of aromatic nitrogens is 3. The molecule has 1 saturated heterocycles. The highest BCUT2D eigenvalue weighted by Crippen LogP contribution is 2.65. The van der Waals surface area contributed by atoms with Crippen molar-refractivity contribution in [3.63, 3.8) is 0 Å². The molecule has 0 bridgehead atoms. The van der Waals surface area contributed by atoms with Gasteiger partial charge in [-0.3, -0.25) is 4.79 Å². The molecule has 1 amide bonds. The first kappa shape index (κ1) is 16.5. The van der Waals surface area contributed by atoms with Gasteiger partial charge in [-0.25, -0.2) is 22.8 Å². The van der Waals surface area contributed by atoms with E-state index in [0.717, 1.165) is 4.88 Å². The molecule has 1 aliphatic heterocycles. The Labute approximate surface area is 156 Å². The van der Waals surface area contributed by atoms with Crippen LogP contribution in [0, 0.1) is 11.2 Å². The van der Waals surface area contributed by atoms with Crippen LogP contribution in [0.15, 0.2) is 41.8 Å². The highest BCUT2D eigenvalue weighted by Gasteiger charge is 2.76. The number of benzene rings is 1. The number of carbonyl (C=O) groups is 1. The minimum absolute atomic E-state index is 0.0155. The number of thiophene rings is 1. The van der Waals surface area contributed by atoms with Gasteiger partial charge in [-0.1, -0.05) is 12.1 Å². The van der Waals surface area contributed by atoms with Crippen LogP contribution >= 0.6 is 11.3 Å². The van der Waals surface area contributed by atoms with Crippen LogP contribution in [0.1, 0.15) is 17.0 Å². The van der Waals surface area contributed by atoms with E-state index < -0.39 is 23.1 Å². The zero-order chi connectivity index (χ0) is 18.8. The average Bonchev–Trinajstić information content (AvgIpc) is 3.04. The van der Waals surface area contributed by atoms with Crippen LogP contribution in [-0.4, -0.2) is 44.6 Å². The lowest BCUT2D eigenvalue weighted by atomic mass is 9.96. The van der Waals surface area contributed by atoms with E-state index in [9.17, 15) is 18.0 Å². The number of carbonyl (C=O) groups excluding carboxylic acids is 1. The fraction of sp³-hybridized carbons (Fsp3) is 0.278. The Morgan fingerprint density at radius 3 is 2.59 bits per heavy atom. The first-order chi connectivity index (χ1) is 12.9. The summed E-state index contributed by atoms with van der Waals surface area (Å²) < 4.78 is 41.8. The van der Waals surface area contributed by atoms with E-state index in [1.165, 1.54) is 33.1 Å². The first-order valence-corrected chi connectivity index (χ1v) is 9.21. The topological polar surface area (TPSA) is 51.0 Å². The van der Waals surface area contributed by atoms with Crippen molar-refractivity contribution in [3.8, 4) is 16.4 Å². The Bertz CT molecular complexity index is 1040. The van der Waals surface area contributed by atoms with Crippen LogP contribution in [-0.2, 0) is 0 Å². The zero-order valence-corrected chi connectivity index (χ0v) is 14.7. The van der Waals surface area contributed by atoms with Gasteiger partial charge in [-0.2, -0.15) is 0 Å². The summed E-state index contributed by atoms with van der Waals surface area (Å²) in [5.74, 6) is -3.28. The molecule has 2 aromatic heterocycles. The quantitative estimate of drug-likeness (QED) is 0.687. The number of rotatable bonds is 3. The molecule has 0 radical (unpaired) electrons. The SMILES string of the molecule is O=C(c1nc(-c2cccs2)n(-c2cccc(F)c2)n1)N1CC2(C1)CC2(F)F. The third-order valence-electron chi connectivity index (χ3n) is 5.08. The van der Waals surface area contributed by atoms with Gasteiger partial charge < -0.3 is 4.90 Å². The molecule has 2 aliphatic rings. The highest BCUT2D eigenvalue weighted by molar-refractivity contribution is 7.13. The Morgan fingerprint density at radius 1 is 1.19 bits per heavy atom. The number of hydrogen-bond acceptors (Lipinski definition) is 4. The Kier molecular flexibility index (Phi) is 3.31. The van der Waals surface area contributed by atoms with E-state index in [-0.39, 0.29) is 25.3 Å². The van der Waals surface area contributed by atoms with Gasteiger partial charge in [0.05, 0.1) is 16.0 Å². The lowest BCUT2D eigenvalue weighted by Crippen LogP contribution is -2.54.